The number of rotatable bonds is 3. The van der Waals surface area contributed by atoms with Crippen LogP contribution in [0.1, 0.15) is 38.3 Å². The number of likely N-dealkylation sites (N-methyl/N-ethyl adjacent to an activating group) is 1. The van der Waals surface area contributed by atoms with Gasteiger partial charge in [-0.15, -0.1) is 11.3 Å². The van der Waals surface area contributed by atoms with Gasteiger partial charge in [-0.2, -0.15) is 5.26 Å². The average Bonchev–Trinajstić information content (AvgIpc) is 2.83. The summed E-state index contributed by atoms with van der Waals surface area (Å²) >= 11 is 1.70. The number of aromatic nitrogens is 1. The molecule has 1 aromatic rings. The van der Waals surface area contributed by atoms with E-state index in [0.717, 1.165) is 48.4 Å². The van der Waals surface area contributed by atoms with Gasteiger partial charge in [-0.05, 0) is 6.54 Å². The molecule has 0 unspecified atom stereocenters. The van der Waals surface area contributed by atoms with Gasteiger partial charge in [0.25, 0.3) is 0 Å². The Hall–Kier alpha value is -1.12. The van der Waals surface area contributed by atoms with Gasteiger partial charge in [-0.25, -0.2) is 4.98 Å². The average molecular weight is 292 g/mol. The lowest BCUT2D eigenvalue weighted by Crippen LogP contribution is -2.46. The van der Waals surface area contributed by atoms with Gasteiger partial charge in [0.2, 0.25) is 0 Å². The third-order valence-electron chi connectivity index (χ3n) is 3.73. The molecule has 1 saturated heterocycles. The molecule has 0 N–H and O–H groups in total. The molecule has 0 amide bonds. The quantitative estimate of drug-likeness (QED) is 0.859. The Labute approximate surface area is 126 Å². The first kappa shape index (κ1) is 15.3. The molecule has 110 valence electrons. The minimum Gasteiger partial charge on any atom is -0.346 e. The molecule has 20 heavy (non-hydrogen) atoms. The largest absolute Gasteiger partial charge is 0.346 e. The fourth-order valence-corrected chi connectivity index (χ4v) is 3.76. The molecule has 2 heterocycles. The molecule has 1 aliphatic heterocycles. The van der Waals surface area contributed by atoms with E-state index in [1.165, 1.54) is 0 Å². The molecule has 0 atom stereocenters. The van der Waals surface area contributed by atoms with Crippen LogP contribution in [-0.4, -0.2) is 42.6 Å². The van der Waals surface area contributed by atoms with Gasteiger partial charge in [0.05, 0.1) is 18.2 Å². The van der Waals surface area contributed by atoms with E-state index in [-0.39, 0.29) is 5.41 Å². The van der Waals surface area contributed by atoms with Crippen LogP contribution in [0.5, 0.6) is 0 Å². The van der Waals surface area contributed by atoms with E-state index in [2.05, 4.69) is 43.6 Å². The first-order chi connectivity index (χ1) is 9.45. The van der Waals surface area contributed by atoms with Crippen LogP contribution in [-0.2, 0) is 11.8 Å². The van der Waals surface area contributed by atoms with Crippen molar-refractivity contribution in [3.05, 3.63) is 10.6 Å². The molecular formula is C15H24N4S. The van der Waals surface area contributed by atoms with Crippen LogP contribution in [0.15, 0.2) is 0 Å². The highest BCUT2D eigenvalue weighted by molar-refractivity contribution is 7.15. The van der Waals surface area contributed by atoms with E-state index in [0.29, 0.717) is 6.42 Å². The van der Waals surface area contributed by atoms with Crippen molar-refractivity contribution in [1.82, 2.24) is 9.88 Å². The van der Waals surface area contributed by atoms with Crippen molar-refractivity contribution in [3.63, 3.8) is 0 Å². The van der Waals surface area contributed by atoms with Crippen LogP contribution in [0.25, 0.3) is 0 Å². The standard InChI is InChI=1S/C15H24N4S/c1-5-18-8-10-19(11-9-18)14-17-13(15(2,3)4)12(20-14)6-7-16/h5-6,8-11H2,1-4H3. The van der Waals surface area contributed by atoms with E-state index < -0.39 is 0 Å². The van der Waals surface area contributed by atoms with Crippen molar-refractivity contribution in [2.45, 2.75) is 39.5 Å². The maximum atomic E-state index is 9.00. The number of nitrogens with zero attached hydrogens (tertiary/aromatic N) is 4. The van der Waals surface area contributed by atoms with E-state index >= 15 is 0 Å². The second-order valence-electron chi connectivity index (χ2n) is 6.27. The monoisotopic (exact) mass is 292 g/mol. The lowest BCUT2D eigenvalue weighted by atomic mass is 9.91. The summed E-state index contributed by atoms with van der Waals surface area (Å²) in [5, 5.41) is 10.1. The van der Waals surface area contributed by atoms with Crippen molar-refractivity contribution in [2.75, 3.05) is 37.6 Å². The van der Waals surface area contributed by atoms with E-state index in [1.54, 1.807) is 11.3 Å². The number of anilines is 1. The first-order valence-corrected chi connectivity index (χ1v) is 8.11. The van der Waals surface area contributed by atoms with Crippen LogP contribution in [0, 0.1) is 11.3 Å². The van der Waals surface area contributed by atoms with Gasteiger partial charge in [0.15, 0.2) is 5.13 Å². The van der Waals surface area contributed by atoms with Crippen LogP contribution < -0.4 is 4.90 Å². The number of thiazole rings is 1. The molecule has 4 nitrogen and oxygen atoms in total. The minimum absolute atomic E-state index is 0.00613. The molecule has 2 rings (SSSR count). The predicted molar refractivity (Wildman–Crippen MR) is 84.5 cm³/mol. The zero-order valence-electron chi connectivity index (χ0n) is 12.9. The van der Waals surface area contributed by atoms with Crippen LogP contribution in [0.2, 0.25) is 0 Å². The summed E-state index contributed by atoms with van der Waals surface area (Å²) in [4.78, 5) is 10.8. The summed E-state index contributed by atoms with van der Waals surface area (Å²) in [6.07, 6.45) is 0.471. The second-order valence-corrected chi connectivity index (χ2v) is 7.34. The number of nitriles is 1. The molecule has 5 heteroatoms. The van der Waals surface area contributed by atoms with Gasteiger partial charge in [0.1, 0.15) is 0 Å². The Morgan fingerprint density at radius 1 is 1.25 bits per heavy atom. The summed E-state index contributed by atoms with van der Waals surface area (Å²) in [6.45, 7) is 14.1. The molecule has 1 aliphatic rings. The Kier molecular flexibility index (Phi) is 4.66. The molecule has 1 fully saturated rings. The molecule has 0 radical (unpaired) electrons. The van der Waals surface area contributed by atoms with Crippen molar-refractivity contribution >= 4 is 16.5 Å². The highest BCUT2D eigenvalue weighted by Crippen LogP contribution is 2.34. The van der Waals surface area contributed by atoms with Crippen molar-refractivity contribution in [3.8, 4) is 6.07 Å². The zero-order valence-corrected chi connectivity index (χ0v) is 13.8. The zero-order chi connectivity index (χ0) is 14.8. The molecular weight excluding hydrogens is 268 g/mol. The summed E-state index contributed by atoms with van der Waals surface area (Å²) < 4.78 is 0. The van der Waals surface area contributed by atoms with Crippen LogP contribution in [0.3, 0.4) is 0 Å². The fraction of sp³-hybridized carbons (Fsp3) is 0.733. The Bertz CT molecular complexity index is 487. The smallest absolute Gasteiger partial charge is 0.185 e. The summed E-state index contributed by atoms with van der Waals surface area (Å²) in [5.74, 6) is 0. The first-order valence-electron chi connectivity index (χ1n) is 7.30. The SMILES string of the molecule is CCN1CCN(c2nc(C(C)(C)C)c(CC#N)s2)CC1. The van der Waals surface area contributed by atoms with Gasteiger partial charge < -0.3 is 9.80 Å². The lowest BCUT2D eigenvalue weighted by Gasteiger charge is -2.33. The Balaban J connectivity index is 2.19. The molecule has 0 aromatic carbocycles. The van der Waals surface area contributed by atoms with Crippen molar-refractivity contribution < 1.29 is 0 Å². The maximum absolute atomic E-state index is 9.00. The number of hydrogen-bond acceptors (Lipinski definition) is 5. The molecule has 0 aliphatic carbocycles. The van der Waals surface area contributed by atoms with E-state index in [4.69, 9.17) is 10.2 Å². The topological polar surface area (TPSA) is 43.2 Å². The number of piperazine rings is 1. The second kappa shape index (κ2) is 6.11. The highest BCUT2D eigenvalue weighted by atomic mass is 32.1. The summed E-state index contributed by atoms with van der Waals surface area (Å²) in [6, 6.07) is 2.27. The fourth-order valence-electron chi connectivity index (χ4n) is 2.51. The lowest BCUT2D eigenvalue weighted by molar-refractivity contribution is 0.271. The predicted octanol–water partition coefficient (Wildman–Crippen LogP) is 2.65. The van der Waals surface area contributed by atoms with Gasteiger partial charge in [-0.1, -0.05) is 27.7 Å². The number of hydrogen-bond donors (Lipinski definition) is 0. The van der Waals surface area contributed by atoms with E-state index in [1.807, 2.05) is 0 Å². The van der Waals surface area contributed by atoms with E-state index in [9.17, 15) is 0 Å². The highest BCUT2D eigenvalue weighted by Gasteiger charge is 2.26. The third-order valence-corrected chi connectivity index (χ3v) is 4.84. The molecule has 0 bridgehead atoms. The van der Waals surface area contributed by atoms with Crippen LogP contribution >= 0.6 is 11.3 Å². The third kappa shape index (κ3) is 3.31. The minimum atomic E-state index is 0.00613. The summed E-state index contributed by atoms with van der Waals surface area (Å²) in [5.41, 5.74) is 1.10. The molecule has 1 aromatic heterocycles. The Morgan fingerprint density at radius 3 is 2.40 bits per heavy atom. The van der Waals surface area contributed by atoms with Gasteiger partial charge in [-0.3, -0.25) is 0 Å². The molecule has 0 saturated carbocycles. The molecule has 0 spiro atoms. The van der Waals surface area contributed by atoms with Gasteiger partial charge in [0, 0.05) is 36.5 Å². The van der Waals surface area contributed by atoms with Crippen molar-refractivity contribution in [1.29, 1.82) is 5.26 Å². The van der Waals surface area contributed by atoms with Crippen LogP contribution in [0.4, 0.5) is 5.13 Å². The normalized spacial score (nSPS) is 17.2. The maximum Gasteiger partial charge on any atom is 0.185 e. The van der Waals surface area contributed by atoms with Crippen molar-refractivity contribution in [2.24, 2.45) is 0 Å². The van der Waals surface area contributed by atoms with Gasteiger partial charge >= 0.3 is 0 Å². The Morgan fingerprint density at radius 2 is 1.90 bits per heavy atom. The summed E-state index contributed by atoms with van der Waals surface area (Å²) in [7, 11) is 0.